The van der Waals surface area contributed by atoms with Crippen molar-refractivity contribution >= 4 is 38.9 Å². The predicted molar refractivity (Wildman–Crippen MR) is 50.7 cm³/mol. The molecule has 0 aliphatic heterocycles. The van der Waals surface area contributed by atoms with Crippen LogP contribution in [0.2, 0.25) is 4.34 Å². The van der Waals surface area contributed by atoms with Crippen LogP contribution in [0.1, 0.15) is 17.9 Å². The molecule has 1 heterocycles. The molecule has 1 atom stereocenters. The second-order valence-corrected chi connectivity index (χ2v) is 4.59. The van der Waals surface area contributed by atoms with Crippen molar-refractivity contribution < 1.29 is 4.84 Å². The van der Waals surface area contributed by atoms with Crippen LogP contribution >= 0.6 is 38.9 Å². The van der Waals surface area contributed by atoms with Crippen molar-refractivity contribution in [3.63, 3.8) is 0 Å². The lowest BCUT2D eigenvalue weighted by Gasteiger charge is -2.03. The fourth-order valence-electron chi connectivity index (χ4n) is 0.631. The van der Waals surface area contributed by atoms with E-state index in [0.717, 1.165) is 13.7 Å². The summed E-state index contributed by atoms with van der Waals surface area (Å²) in [6.07, 6.45) is -0.0937. The summed E-state index contributed by atoms with van der Waals surface area (Å²) in [5.74, 6) is 5.01. The Morgan fingerprint density at radius 2 is 2.45 bits per heavy atom. The first-order chi connectivity index (χ1) is 5.15. The summed E-state index contributed by atoms with van der Waals surface area (Å²) in [4.78, 5) is 5.65. The van der Waals surface area contributed by atoms with Crippen molar-refractivity contribution in [1.29, 1.82) is 0 Å². The van der Waals surface area contributed by atoms with Gasteiger partial charge in [0.15, 0.2) is 0 Å². The smallest absolute Gasteiger partial charge is 0.110 e. The van der Waals surface area contributed by atoms with Crippen LogP contribution in [0.3, 0.4) is 0 Å². The number of halogens is 2. The summed E-state index contributed by atoms with van der Waals surface area (Å²) in [5, 5.41) is 0. The Morgan fingerprint density at radius 1 is 1.82 bits per heavy atom. The molecule has 1 rings (SSSR count). The van der Waals surface area contributed by atoms with E-state index in [0.29, 0.717) is 0 Å². The van der Waals surface area contributed by atoms with Crippen LogP contribution in [-0.2, 0) is 4.84 Å². The van der Waals surface area contributed by atoms with E-state index >= 15 is 0 Å². The summed E-state index contributed by atoms with van der Waals surface area (Å²) in [5.41, 5.74) is 0. The summed E-state index contributed by atoms with van der Waals surface area (Å²) >= 11 is 10.6. The zero-order valence-corrected chi connectivity index (χ0v) is 8.96. The highest BCUT2D eigenvalue weighted by atomic mass is 79.9. The molecule has 1 aromatic heterocycles. The molecule has 0 spiro atoms. The molecule has 11 heavy (non-hydrogen) atoms. The van der Waals surface area contributed by atoms with E-state index in [1.165, 1.54) is 11.3 Å². The molecule has 5 heteroatoms. The third-order valence-electron chi connectivity index (χ3n) is 1.27. The monoisotopic (exact) mass is 255 g/mol. The first kappa shape index (κ1) is 9.48. The highest BCUT2D eigenvalue weighted by Crippen LogP contribution is 2.35. The Labute approximate surface area is 82.4 Å². The number of rotatable bonds is 2. The lowest BCUT2D eigenvalue weighted by molar-refractivity contribution is 0.0689. The molecule has 62 valence electrons. The summed E-state index contributed by atoms with van der Waals surface area (Å²) in [6, 6.07) is 1.91. The van der Waals surface area contributed by atoms with Gasteiger partial charge in [-0.2, -0.15) is 0 Å². The molecule has 2 nitrogen and oxygen atoms in total. The number of thiophene rings is 1. The van der Waals surface area contributed by atoms with Crippen molar-refractivity contribution in [3.8, 4) is 0 Å². The van der Waals surface area contributed by atoms with Crippen molar-refractivity contribution in [1.82, 2.24) is 0 Å². The highest BCUT2D eigenvalue weighted by molar-refractivity contribution is 9.10. The Balaban J connectivity index is 2.88. The summed E-state index contributed by atoms with van der Waals surface area (Å²) in [6.45, 7) is 1.87. The van der Waals surface area contributed by atoms with E-state index < -0.39 is 0 Å². The predicted octanol–water partition coefficient (Wildman–Crippen LogP) is 3.12. The van der Waals surface area contributed by atoms with Gasteiger partial charge in [0.25, 0.3) is 0 Å². The van der Waals surface area contributed by atoms with Gasteiger partial charge in [0, 0.05) is 9.35 Å². The van der Waals surface area contributed by atoms with Crippen molar-refractivity contribution in [2.45, 2.75) is 13.0 Å². The number of hydrogen-bond acceptors (Lipinski definition) is 3. The van der Waals surface area contributed by atoms with Crippen LogP contribution < -0.4 is 5.90 Å². The molecule has 0 saturated heterocycles. The lowest BCUT2D eigenvalue weighted by Crippen LogP contribution is -2.03. The van der Waals surface area contributed by atoms with Crippen molar-refractivity contribution in [2.75, 3.05) is 0 Å². The van der Waals surface area contributed by atoms with Gasteiger partial charge in [-0.3, -0.25) is 4.84 Å². The van der Waals surface area contributed by atoms with E-state index in [1.54, 1.807) is 0 Å². The maximum absolute atomic E-state index is 5.81. The normalized spacial score (nSPS) is 13.5. The van der Waals surface area contributed by atoms with E-state index in [-0.39, 0.29) is 6.10 Å². The van der Waals surface area contributed by atoms with E-state index in [1.807, 2.05) is 13.0 Å². The van der Waals surface area contributed by atoms with Crippen LogP contribution in [-0.4, -0.2) is 0 Å². The van der Waals surface area contributed by atoms with Gasteiger partial charge in [-0.25, -0.2) is 5.90 Å². The summed E-state index contributed by atoms with van der Waals surface area (Å²) < 4.78 is 1.62. The molecule has 0 saturated carbocycles. The molecular formula is C6H7BrClNOS. The Kier molecular flexibility index (Phi) is 3.33. The van der Waals surface area contributed by atoms with Crippen LogP contribution in [0.25, 0.3) is 0 Å². The minimum atomic E-state index is -0.0937. The van der Waals surface area contributed by atoms with Gasteiger partial charge < -0.3 is 0 Å². The fraction of sp³-hybridized carbons (Fsp3) is 0.333. The van der Waals surface area contributed by atoms with Crippen molar-refractivity contribution in [2.24, 2.45) is 5.90 Å². The maximum atomic E-state index is 5.81. The van der Waals surface area contributed by atoms with Crippen LogP contribution in [0.4, 0.5) is 0 Å². The molecular weight excluding hydrogens is 249 g/mol. The third-order valence-corrected chi connectivity index (χ3v) is 3.90. The second kappa shape index (κ2) is 3.87. The van der Waals surface area contributed by atoms with Crippen LogP contribution in [0.15, 0.2) is 10.5 Å². The molecule has 0 aliphatic rings. The van der Waals surface area contributed by atoms with Gasteiger partial charge in [0.1, 0.15) is 10.4 Å². The Morgan fingerprint density at radius 3 is 2.82 bits per heavy atom. The van der Waals surface area contributed by atoms with E-state index in [9.17, 15) is 0 Å². The molecule has 0 bridgehead atoms. The SMILES string of the molecule is CC(ON)c1cc(Br)c(Cl)s1. The molecule has 2 N–H and O–H groups in total. The topological polar surface area (TPSA) is 35.2 Å². The number of nitrogens with two attached hydrogens (primary N) is 1. The zero-order valence-electron chi connectivity index (χ0n) is 5.80. The second-order valence-electron chi connectivity index (χ2n) is 2.05. The Bertz CT molecular complexity index is 233. The fourth-order valence-corrected chi connectivity index (χ4v) is 2.36. The van der Waals surface area contributed by atoms with Gasteiger partial charge in [-0.15, -0.1) is 11.3 Å². The number of hydrogen-bond donors (Lipinski definition) is 1. The lowest BCUT2D eigenvalue weighted by atomic mass is 10.3. The molecule has 0 aromatic carbocycles. The van der Waals surface area contributed by atoms with Crippen LogP contribution in [0.5, 0.6) is 0 Å². The molecule has 1 aromatic rings. The van der Waals surface area contributed by atoms with E-state index in [2.05, 4.69) is 20.8 Å². The quantitative estimate of drug-likeness (QED) is 0.825. The van der Waals surface area contributed by atoms with Crippen molar-refractivity contribution in [3.05, 3.63) is 19.8 Å². The molecule has 1 unspecified atom stereocenters. The third kappa shape index (κ3) is 2.16. The zero-order chi connectivity index (χ0) is 8.43. The average Bonchev–Trinajstić information content (AvgIpc) is 2.31. The highest BCUT2D eigenvalue weighted by Gasteiger charge is 2.10. The van der Waals surface area contributed by atoms with Crippen LogP contribution in [0, 0.1) is 0 Å². The van der Waals surface area contributed by atoms with Gasteiger partial charge in [0.2, 0.25) is 0 Å². The average molecular weight is 257 g/mol. The molecule has 0 amide bonds. The van der Waals surface area contributed by atoms with Gasteiger partial charge in [-0.1, -0.05) is 11.6 Å². The molecule has 0 aliphatic carbocycles. The summed E-state index contributed by atoms with van der Waals surface area (Å²) in [7, 11) is 0. The van der Waals surface area contributed by atoms with Gasteiger partial charge >= 0.3 is 0 Å². The maximum Gasteiger partial charge on any atom is 0.110 e. The minimum absolute atomic E-state index is 0.0937. The molecule has 0 fully saturated rings. The van der Waals surface area contributed by atoms with Gasteiger partial charge in [-0.05, 0) is 28.9 Å². The largest absolute Gasteiger partial charge is 0.296 e. The Hall–Kier alpha value is 0.390. The molecule has 0 radical (unpaired) electrons. The van der Waals surface area contributed by atoms with Gasteiger partial charge in [0.05, 0.1) is 0 Å². The van der Waals surface area contributed by atoms with E-state index in [4.69, 9.17) is 17.5 Å². The standard InChI is InChI=1S/C6H7BrClNOS/c1-3(10-9)5-2-4(7)6(8)11-5/h2-3H,9H2,1H3. The minimum Gasteiger partial charge on any atom is -0.296 e. The first-order valence-electron chi connectivity index (χ1n) is 2.95. The first-order valence-corrected chi connectivity index (χ1v) is 4.94.